The Morgan fingerprint density at radius 1 is 1.43 bits per heavy atom. The SMILES string of the molecule is C=CC[C@]1(CCCO[Si](C)(C)C(C)(C)C)C(=O)CC[C@@H]1C. The lowest BCUT2D eigenvalue weighted by atomic mass is 9.72. The number of ketones is 1. The monoisotopic (exact) mass is 310 g/mol. The van der Waals surface area contributed by atoms with Gasteiger partial charge in [-0.05, 0) is 49.7 Å². The van der Waals surface area contributed by atoms with Crippen molar-refractivity contribution in [2.75, 3.05) is 6.61 Å². The van der Waals surface area contributed by atoms with Crippen molar-refractivity contribution < 1.29 is 9.22 Å². The van der Waals surface area contributed by atoms with Crippen molar-refractivity contribution in [1.29, 1.82) is 0 Å². The van der Waals surface area contributed by atoms with Crippen molar-refractivity contribution in [3.63, 3.8) is 0 Å². The Hall–Kier alpha value is -0.413. The first kappa shape index (κ1) is 18.6. The van der Waals surface area contributed by atoms with Crippen molar-refractivity contribution in [2.24, 2.45) is 11.3 Å². The molecule has 0 aromatic rings. The molecule has 1 rings (SSSR count). The van der Waals surface area contributed by atoms with Crippen LogP contribution in [0.3, 0.4) is 0 Å². The van der Waals surface area contributed by atoms with E-state index in [1.165, 1.54) is 0 Å². The average Bonchev–Trinajstić information content (AvgIpc) is 2.62. The van der Waals surface area contributed by atoms with Gasteiger partial charge >= 0.3 is 0 Å². The molecule has 3 heteroatoms. The first-order valence-corrected chi connectivity index (χ1v) is 11.3. The van der Waals surface area contributed by atoms with Crippen LogP contribution in [0.5, 0.6) is 0 Å². The van der Waals surface area contributed by atoms with Crippen molar-refractivity contribution in [3.05, 3.63) is 12.7 Å². The minimum Gasteiger partial charge on any atom is -0.417 e. The van der Waals surface area contributed by atoms with Crippen molar-refractivity contribution in [2.45, 2.75) is 77.9 Å². The van der Waals surface area contributed by atoms with E-state index >= 15 is 0 Å². The molecule has 0 bridgehead atoms. The zero-order chi connectivity index (χ0) is 16.3. The molecule has 0 radical (unpaired) electrons. The van der Waals surface area contributed by atoms with E-state index in [1.807, 2.05) is 6.08 Å². The lowest BCUT2D eigenvalue weighted by Crippen LogP contribution is -2.41. The Morgan fingerprint density at radius 3 is 2.48 bits per heavy atom. The summed E-state index contributed by atoms with van der Waals surface area (Å²) < 4.78 is 6.25. The molecule has 0 aromatic carbocycles. The summed E-state index contributed by atoms with van der Waals surface area (Å²) in [5.41, 5.74) is -0.154. The Balaban J connectivity index is 2.57. The summed E-state index contributed by atoms with van der Waals surface area (Å²) in [6, 6.07) is 0. The van der Waals surface area contributed by atoms with E-state index in [4.69, 9.17) is 4.43 Å². The van der Waals surface area contributed by atoms with Gasteiger partial charge in [0.15, 0.2) is 8.32 Å². The predicted molar refractivity (Wildman–Crippen MR) is 93.0 cm³/mol. The first-order chi connectivity index (χ1) is 9.57. The smallest absolute Gasteiger partial charge is 0.191 e. The molecule has 0 saturated heterocycles. The van der Waals surface area contributed by atoms with Crippen LogP contribution in [-0.4, -0.2) is 20.7 Å². The minimum atomic E-state index is -1.66. The quantitative estimate of drug-likeness (QED) is 0.360. The van der Waals surface area contributed by atoms with Crippen LogP contribution in [0, 0.1) is 11.3 Å². The van der Waals surface area contributed by atoms with E-state index in [2.05, 4.69) is 47.4 Å². The van der Waals surface area contributed by atoms with Gasteiger partial charge in [-0.2, -0.15) is 0 Å². The molecule has 2 nitrogen and oxygen atoms in total. The summed E-state index contributed by atoms with van der Waals surface area (Å²) in [7, 11) is -1.66. The lowest BCUT2D eigenvalue weighted by molar-refractivity contribution is -0.127. The molecule has 0 aromatic heterocycles. The largest absolute Gasteiger partial charge is 0.417 e. The minimum absolute atomic E-state index is 0.154. The van der Waals surface area contributed by atoms with Crippen molar-refractivity contribution in [1.82, 2.24) is 0 Å². The number of hydrogen-bond donors (Lipinski definition) is 0. The third kappa shape index (κ3) is 4.07. The standard InChI is InChI=1S/C18H34O2Si/c1-8-12-18(15(2)10-11-16(18)19)13-9-14-20-21(6,7)17(3,4)5/h8,15H,1,9-14H2,2-7H3/t15-,18+/m0/s1. The fraction of sp³-hybridized carbons (Fsp3) is 0.833. The van der Waals surface area contributed by atoms with Crippen LogP contribution >= 0.6 is 0 Å². The highest BCUT2D eigenvalue weighted by atomic mass is 28.4. The highest BCUT2D eigenvalue weighted by Crippen LogP contribution is 2.47. The van der Waals surface area contributed by atoms with E-state index in [0.717, 1.165) is 38.7 Å². The van der Waals surface area contributed by atoms with E-state index in [0.29, 0.717) is 11.7 Å². The summed E-state index contributed by atoms with van der Waals surface area (Å²) in [5, 5.41) is 0.252. The van der Waals surface area contributed by atoms with Crippen LogP contribution < -0.4 is 0 Å². The Labute approximate surface area is 132 Å². The second kappa shape index (κ2) is 6.78. The van der Waals surface area contributed by atoms with Gasteiger partial charge in [0.1, 0.15) is 5.78 Å². The zero-order valence-corrected chi connectivity index (χ0v) is 15.9. The Bertz CT molecular complexity index is 381. The lowest BCUT2D eigenvalue weighted by Gasteiger charge is -2.37. The molecule has 2 atom stereocenters. The second-order valence-electron chi connectivity index (χ2n) is 8.22. The highest BCUT2D eigenvalue weighted by molar-refractivity contribution is 6.74. The molecule has 1 saturated carbocycles. The van der Waals surface area contributed by atoms with Crippen molar-refractivity contribution in [3.8, 4) is 0 Å². The fourth-order valence-electron chi connectivity index (χ4n) is 3.14. The molecular formula is C18H34O2Si. The van der Waals surface area contributed by atoms with Gasteiger partial charge in [-0.25, -0.2) is 0 Å². The van der Waals surface area contributed by atoms with Gasteiger partial charge in [-0.3, -0.25) is 4.79 Å². The van der Waals surface area contributed by atoms with Gasteiger partial charge in [0.2, 0.25) is 0 Å². The van der Waals surface area contributed by atoms with Gasteiger partial charge < -0.3 is 4.43 Å². The third-order valence-electron chi connectivity index (χ3n) is 5.85. The summed E-state index contributed by atoms with van der Waals surface area (Å²) in [6.45, 7) is 18.2. The zero-order valence-electron chi connectivity index (χ0n) is 14.9. The summed E-state index contributed by atoms with van der Waals surface area (Å²) in [6.07, 6.45) is 6.47. The van der Waals surface area contributed by atoms with E-state index < -0.39 is 8.32 Å². The molecular weight excluding hydrogens is 276 g/mol. The van der Waals surface area contributed by atoms with Crippen LogP contribution in [0.1, 0.15) is 59.8 Å². The molecule has 0 spiro atoms. The number of Topliss-reactive ketones (excluding diaryl/α,β-unsaturated/α-hetero) is 1. The fourth-order valence-corrected chi connectivity index (χ4v) is 4.23. The average molecular weight is 311 g/mol. The Morgan fingerprint density at radius 2 is 2.05 bits per heavy atom. The molecule has 0 amide bonds. The van der Waals surface area contributed by atoms with Gasteiger partial charge in [0.25, 0.3) is 0 Å². The topological polar surface area (TPSA) is 26.3 Å². The van der Waals surface area contributed by atoms with Crippen molar-refractivity contribution >= 4 is 14.1 Å². The van der Waals surface area contributed by atoms with Crippen LogP contribution in [-0.2, 0) is 9.22 Å². The molecule has 1 aliphatic carbocycles. The number of hydrogen-bond acceptors (Lipinski definition) is 2. The molecule has 0 heterocycles. The number of carbonyl (C=O) groups is 1. The molecule has 0 N–H and O–H groups in total. The molecule has 1 fully saturated rings. The van der Waals surface area contributed by atoms with Crippen LogP contribution in [0.25, 0.3) is 0 Å². The van der Waals surface area contributed by atoms with Gasteiger partial charge in [0, 0.05) is 18.4 Å². The molecule has 21 heavy (non-hydrogen) atoms. The molecule has 122 valence electrons. The Kier molecular flexibility index (Phi) is 6.02. The van der Waals surface area contributed by atoms with E-state index in [9.17, 15) is 4.79 Å². The maximum absolute atomic E-state index is 12.4. The van der Waals surface area contributed by atoms with Crippen LogP contribution in [0.2, 0.25) is 18.1 Å². The highest BCUT2D eigenvalue weighted by Gasteiger charge is 2.46. The third-order valence-corrected chi connectivity index (χ3v) is 10.4. The van der Waals surface area contributed by atoms with Gasteiger partial charge in [-0.1, -0.05) is 33.8 Å². The number of allylic oxidation sites excluding steroid dienone is 1. The van der Waals surface area contributed by atoms with Gasteiger partial charge in [0.05, 0.1) is 0 Å². The molecule has 1 aliphatic rings. The van der Waals surface area contributed by atoms with E-state index in [1.54, 1.807) is 0 Å². The first-order valence-electron chi connectivity index (χ1n) is 8.35. The predicted octanol–water partition coefficient (Wildman–Crippen LogP) is 5.35. The molecule has 0 aliphatic heterocycles. The summed E-state index contributed by atoms with van der Waals surface area (Å²) >= 11 is 0. The normalized spacial score (nSPS) is 27.1. The summed E-state index contributed by atoms with van der Waals surface area (Å²) in [4.78, 5) is 12.4. The van der Waals surface area contributed by atoms with Gasteiger partial charge in [-0.15, -0.1) is 6.58 Å². The molecule has 0 unspecified atom stereocenters. The summed E-state index contributed by atoms with van der Waals surface area (Å²) in [5.74, 6) is 0.929. The maximum atomic E-state index is 12.4. The van der Waals surface area contributed by atoms with E-state index in [-0.39, 0.29) is 10.5 Å². The number of rotatable bonds is 7. The maximum Gasteiger partial charge on any atom is 0.191 e. The second-order valence-corrected chi connectivity index (χ2v) is 13.0. The van der Waals surface area contributed by atoms with Crippen LogP contribution in [0.4, 0.5) is 0 Å². The van der Waals surface area contributed by atoms with Crippen LogP contribution in [0.15, 0.2) is 12.7 Å². The number of carbonyl (C=O) groups excluding carboxylic acids is 1.